The minimum atomic E-state index is 0.734. The van der Waals surface area contributed by atoms with Gasteiger partial charge in [-0.1, -0.05) is 13.0 Å². The summed E-state index contributed by atoms with van der Waals surface area (Å²) in [5.74, 6) is 1.48. The third-order valence-corrected chi connectivity index (χ3v) is 4.21. The highest BCUT2D eigenvalue weighted by molar-refractivity contribution is 5.74. The molecule has 0 spiro atoms. The first-order valence-corrected chi connectivity index (χ1v) is 7.78. The highest BCUT2D eigenvalue weighted by Crippen LogP contribution is 2.39. The molecule has 5 nitrogen and oxygen atoms in total. The van der Waals surface area contributed by atoms with Crippen LogP contribution < -0.4 is 9.47 Å². The van der Waals surface area contributed by atoms with Crippen molar-refractivity contribution in [3.05, 3.63) is 29.5 Å². The summed E-state index contributed by atoms with van der Waals surface area (Å²) in [6, 6.07) is 5.92. The summed E-state index contributed by atoms with van der Waals surface area (Å²) in [7, 11) is 3.33. The molecule has 3 rings (SSSR count). The van der Waals surface area contributed by atoms with Crippen LogP contribution in [0.3, 0.4) is 0 Å². The number of para-hydroxylation sites is 1. The van der Waals surface area contributed by atoms with Crippen molar-refractivity contribution in [1.29, 1.82) is 0 Å². The zero-order valence-corrected chi connectivity index (χ0v) is 13.5. The predicted octanol–water partition coefficient (Wildman–Crippen LogP) is 2.86. The second-order valence-corrected chi connectivity index (χ2v) is 5.60. The van der Waals surface area contributed by atoms with Crippen LogP contribution in [0.2, 0.25) is 0 Å². The Morgan fingerprint density at radius 1 is 1.27 bits per heavy atom. The molecule has 0 radical (unpaired) electrons. The number of methoxy groups -OCH3 is 2. The maximum atomic E-state index is 5.56. The Bertz CT molecular complexity index is 651. The predicted molar refractivity (Wildman–Crippen MR) is 86.4 cm³/mol. The minimum absolute atomic E-state index is 0.734. The molecule has 22 heavy (non-hydrogen) atoms. The third-order valence-electron chi connectivity index (χ3n) is 4.21. The van der Waals surface area contributed by atoms with Crippen LogP contribution in [0.4, 0.5) is 0 Å². The Kier molecular flexibility index (Phi) is 4.34. The number of aromatic nitrogens is 2. The molecule has 0 saturated carbocycles. The van der Waals surface area contributed by atoms with Crippen molar-refractivity contribution in [3.63, 3.8) is 0 Å². The summed E-state index contributed by atoms with van der Waals surface area (Å²) < 4.78 is 11.0. The quantitative estimate of drug-likeness (QED) is 0.922. The van der Waals surface area contributed by atoms with Crippen molar-refractivity contribution in [2.45, 2.75) is 26.3 Å². The van der Waals surface area contributed by atoms with E-state index in [4.69, 9.17) is 9.47 Å². The number of ether oxygens (including phenoxy) is 2. The summed E-state index contributed by atoms with van der Waals surface area (Å²) in [6.07, 6.45) is 2.19. The van der Waals surface area contributed by atoms with E-state index in [0.29, 0.717) is 0 Å². The fourth-order valence-electron chi connectivity index (χ4n) is 3.15. The lowest BCUT2D eigenvalue weighted by atomic mass is 10.00. The number of benzene rings is 1. The lowest BCUT2D eigenvalue weighted by molar-refractivity contribution is 0.254. The number of rotatable bonds is 5. The number of H-pyrrole nitrogens is 1. The summed E-state index contributed by atoms with van der Waals surface area (Å²) >= 11 is 0. The first-order valence-electron chi connectivity index (χ1n) is 7.78. The summed E-state index contributed by atoms with van der Waals surface area (Å²) in [6.45, 7) is 5.38. The van der Waals surface area contributed by atoms with Crippen molar-refractivity contribution in [3.8, 4) is 22.8 Å². The van der Waals surface area contributed by atoms with Gasteiger partial charge in [0.1, 0.15) is 5.69 Å². The number of fused-ring (bicyclic) bond motifs is 1. The molecule has 2 aromatic rings. The van der Waals surface area contributed by atoms with Crippen molar-refractivity contribution in [2.24, 2.45) is 0 Å². The summed E-state index contributed by atoms with van der Waals surface area (Å²) in [5.41, 5.74) is 4.49. The Balaban J connectivity index is 2.02. The van der Waals surface area contributed by atoms with Gasteiger partial charge in [-0.15, -0.1) is 0 Å². The van der Waals surface area contributed by atoms with Gasteiger partial charge in [0, 0.05) is 36.3 Å². The fourth-order valence-corrected chi connectivity index (χ4v) is 3.15. The first kappa shape index (κ1) is 14.9. The van der Waals surface area contributed by atoms with Crippen LogP contribution in [0.1, 0.15) is 24.6 Å². The largest absolute Gasteiger partial charge is 0.493 e. The Morgan fingerprint density at radius 2 is 2.14 bits per heavy atom. The monoisotopic (exact) mass is 301 g/mol. The number of hydrogen-bond donors (Lipinski definition) is 1. The Hall–Kier alpha value is -2.01. The van der Waals surface area contributed by atoms with Crippen LogP contribution in [0, 0.1) is 0 Å². The molecule has 0 bridgehead atoms. The van der Waals surface area contributed by atoms with Gasteiger partial charge in [-0.2, -0.15) is 5.10 Å². The molecule has 118 valence electrons. The zero-order valence-electron chi connectivity index (χ0n) is 13.5. The molecular formula is C17H23N3O2. The van der Waals surface area contributed by atoms with E-state index in [2.05, 4.69) is 22.0 Å². The molecule has 1 N–H and O–H groups in total. The maximum absolute atomic E-state index is 5.56. The molecule has 1 aliphatic rings. The molecule has 2 heterocycles. The molecule has 0 amide bonds. The van der Waals surface area contributed by atoms with Gasteiger partial charge in [0.05, 0.1) is 14.2 Å². The number of hydrogen-bond acceptors (Lipinski definition) is 4. The van der Waals surface area contributed by atoms with Crippen LogP contribution >= 0.6 is 0 Å². The van der Waals surface area contributed by atoms with Crippen LogP contribution in [0.25, 0.3) is 11.3 Å². The zero-order chi connectivity index (χ0) is 15.5. The van der Waals surface area contributed by atoms with Crippen molar-refractivity contribution < 1.29 is 9.47 Å². The van der Waals surface area contributed by atoms with Gasteiger partial charge in [-0.25, -0.2) is 0 Å². The molecule has 1 aromatic carbocycles. The van der Waals surface area contributed by atoms with E-state index < -0.39 is 0 Å². The van der Waals surface area contributed by atoms with Gasteiger partial charge >= 0.3 is 0 Å². The van der Waals surface area contributed by atoms with E-state index in [1.165, 1.54) is 17.7 Å². The normalized spacial score (nSPS) is 14.7. The Morgan fingerprint density at radius 3 is 2.86 bits per heavy atom. The fraction of sp³-hybridized carbons (Fsp3) is 0.471. The molecule has 0 unspecified atom stereocenters. The van der Waals surface area contributed by atoms with E-state index in [0.717, 1.165) is 48.8 Å². The summed E-state index contributed by atoms with van der Waals surface area (Å²) in [4.78, 5) is 2.48. The van der Waals surface area contributed by atoms with Crippen LogP contribution in [0.15, 0.2) is 18.2 Å². The smallest absolute Gasteiger partial charge is 0.170 e. The maximum Gasteiger partial charge on any atom is 0.170 e. The lowest BCUT2D eigenvalue weighted by Crippen LogP contribution is -2.31. The minimum Gasteiger partial charge on any atom is -0.493 e. The average molecular weight is 301 g/mol. The van der Waals surface area contributed by atoms with Crippen molar-refractivity contribution in [2.75, 3.05) is 27.3 Å². The second-order valence-electron chi connectivity index (χ2n) is 5.60. The van der Waals surface area contributed by atoms with E-state index in [-0.39, 0.29) is 0 Å². The summed E-state index contributed by atoms with van der Waals surface area (Å²) in [5, 5.41) is 7.76. The van der Waals surface area contributed by atoms with Gasteiger partial charge in [0.25, 0.3) is 0 Å². The molecule has 5 heteroatoms. The SMILES string of the molecule is CCCN1CCc2[nH]nc(-c3cccc(OC)c3OC)c2C1. The molecule has 0 aliphatic carbocycles. The number of nitrogens with zero attached hydrogens (tertiary/aromatic N) is 2. The lowest BCUT2D eigenvalue weighted by Gasteiger charge is -2.26. The van der Waals surface area contributed by atoms with E-state index >= 15 is 0 Å². The molecule has 0 fully saturated rings. The van der Waals surface area contributed by atoms with Crippen LogP contribution in [-0.2, 0) is 13.0 Å². The van der Waals surface area contributed by atoms with Crippen LogP contribution in [0.5, 0.6) is 11.5 Å². The first-order chi connectivity index (χ1) is 10.8. The van der Waals surface area contributed by atoms with Crippen molar-refractivity contribution >= 4 is 0 Å². The molecule has 0 saturated heterocycles. The van der Waals surface area contributed by atoms with Crippen molar-refractivity contribution in [1.82, 2.24) is 15.1 Å². The third kappa shape index (κ3) is 2.57. The molecule has 1 aliphatic heterocycles. The standard InChI is InChI=1S/C17H23N3O2/c1-4-9-20-10-8-14-13(11-20)16(19-18-14)12-6-5-7-15(21-2)17(12)22-3/h5-7H,4,8-11H2,1-3H3,(H,18,19). The molecule has 0 atom stereocenters. The van der Waals surface area contributed by atoms with E-state index in [1.807, 2.05) is 18.2 Å². The second kappa shape index (κ2) is 6.40. The van der Waals surface area contributed by atoms with Crippen LogP contribution in [-0.4, -0.2) is 42.4 Å². The average Bonchev–Trinajstić information content (AvgIpc) is 2.97. The van der Waals surface area contributed by atoms with Gasteiger partial charge in [0.15, 0.2) is 11.5 Å². The van der Waals surface area contributed by atoms with Gasteiger partial charge in [0.2, 0.25) is 0 Å². The van der Waals surface area contributed by atoms with Gasteiger partial charge < -0.3 is 9.47 Å². The highest BCUT2D eigenvalue weighted by atomic mass is 16.5. The van der Waals surface area contributed by atoms with Gasteiger partial charge in [-0.05, 0) is 25.1 Å². The number of nitrogens with one attached hydrogen (secondary N) is 1. The highest BCUT2D eigenvalue weighted by Gasteiger charge is 2.24. The topological polar surface area (TPSA) is 50.4 Å². The number of aromatic amines is 1. The molecular weight excluding hydrogens is 278 g/mol. The van der Waals surface area contributed by atoms with E-state index in [1.54, 1.807) is 14.2 Å². The van der Waals surface area contributed by atoms with E-state index in [9.17, 15) is 0 Å². The van der Waals surface area contributed by atoms with Gasteiger partial charge in [-0.3, -0.25) is 10.00 Å². The Labute approximate surface area is 131 Å². The molecule has 1 aromatic heterocycles.